The summed E-state index contributed by atoms with van der Waals surface area (Å²) in [5.74, 6) is 0.605. The van der Waals surface area contributed by atoms with Crippen LogP contribution in [0.1, 0.15) is 12.8 Å². The number of para-hydroxylation sites is 2. The van der Waals surface area contributed by atoms with Gasteiger partial charge in [-0.3, -0.25) is 4.90 Å². The number of unbranched alkanes of at least 4 members (excludes halogenated alkanes) is 1. The molecular weight excluding hydrogens is 372 g/mol. The molecule has 0 spiro atoms. The van der Waals surface area contributed by atoms with Crippen molar-refractivity contribution in [1.29, 1.82) is 0 Å². The first-order chi connectivity index (χ1) is 13.8. The number of rotatable bonds is 7. The SMILES string of the molecule is Clc1cccc(N2CCN(CCCCOc3cnc4ccccc4n3)CC2)c1. The van der Waals surface area contributed by atoms with Gasteiger partial charge in [-0.2, -0.15) is 0 Å². The fourth-order valence-corrected chi connectivity index (χ4v) is 3.71. The summed E-state index contributed by atoms with van der Waals surface area (Å²) >= 11 is 6.11. The molecule has 3 aromatic rings. The van der Waals surface area contributed by atoms with Crippen molar-refractivity contribution < 1.29 is 4.74 Å². The summed E-state index contributed by atoms with van der Waals surface area (Å²) in [5, 5.41) is 0.802. The molecule has 0 aliphatic carbocycles. The van der Waals surface area contributed by atoms with Crippen LogP contribution >= 0.6 is 11.6 Å². The van der Waals surface area contributed by atoms with Crippen molar-refractivity contribution >= 4 is 28.3 Å². The number of aromatic nitrogens is 2. The normalized spacial score (nSPS) is 15.1. The van der Waals surface area contributed by atoms with E-state index in [0.29, 0.717) is 12.5 Å². The molecule has 0 saturated carbocycles. The van der Waals surface area contributed by atoms with Crippen molar-refractivity contribution in [2.45, 2.75) is 12.8 Å². The molecule has 0 radical (unpaired) electrons. The van der Waals surface area contributed by atoms with Gasteiger partial charge in [-0.15, -0.1) is 0 Å². The highest BCUT2D eigenvalue weighted by atomic mass is 35.5. The van der Waals surface area contributed by atoms with Crippen LogP contribution in [0.4, 0.5) is 5.69 Å². The van der Waals surface area contributed by atoms with Crippen LogP contribution in [0.25, 0.3) is 11.0 Å². The van der Waals surface area contributed by atoms with Crippen LogP contribution in [0.15, 0.2) is 54.7 Å². The van der Waals surface area contributed by atoms with Gasteiger partial charge in [0, 0.05) is 36.9 Å². The Morgan fingerprint density at radius 1 is 0.929 bits per heavy atom. The zero-order valence-corrected chi connectivity index (χ0v) is 16.7. The first-order valence-electron chi connectivity index (χ1n) is 9.85. The van der Waals surface area contributed by atoms with Gasteiger partial charge in [-0.05, 0) is 49.7 Å². The van der Waals surface area contributed by atoms with Gasteiger partial charge in [0.05, 0.1) is 23.8 Å². The van der Waals surface area contributed by atoms with Crippen LogP contribution in [0, 0.1) is 0 Å². The van der Waals surface area contributed by atoms with Crippen LogP contribution in [-0.4, -0.2) is 54.2 Å². The van der Waals surface area contributed by atoms with Crippen LogP contribution in [0.5, 0.6) is 5.88 Å². The van der Waals surface area contributed by atoms with E-state index in [-0.39, 0.29) is 0 Å². The van der Waals surface area contributed by atoms with E-state index in [1.807, 2.05) is 42.5 Å². The Morgan fingerprint density at radius 3 is 2.57 bits per heavy atom. The molecule has 2 aromatic carbocycles. The largest absolute Gasteiger partial charge is 0.477 e. The summed E-state index contributed by atoms with van der Waals surface area (Å²) in [7, 11) is 0. The van der Waals surface area contributed by atoms with Crippen molar-refractivity contribution in [1.82, 2.24) is 14.9 Å². The lowest BCUT2D eigenvalue weighted by atomic mass is 10.2. The second-order valence-corrected chi connectivity index (χ2v) is 7.50. The molecule has 0 atom stereocenters. The maximum atomic E-state index is 6.11. The minimum Gasteiger partial charge on any atom is -0.477 e. The number of ether oxygens (including phenoxy) is 1. The van der Waals surface area contributed by atoms with Crippen molar-refractivity contribution in [2.75, 3.05) is 44.2 Å². The molecule has 0 bridgehead atoms. The summed E-state index contributed by atoms with van der Waals surface area (Å²) in [4.78, 5) is 13.8. The third-order valence-electron chi connectivity index (χ3n) is 5.09. The summed E-state index contributed by atoms with van der Waals surface area (Å²) < 4.78 is 5.78. The fourth-order valence-electron chi connectivity index (χ4n) is 3.53. The molecular formula is C22H25ClN4O. The average molecular weight is 397 g/mol. The summed E-state index contributed by atoms with van der Waals surface area (Å²) in [6, 6.07) is 16.0. The predicted molar refractivity (Wildman–Crippen MR) is 114 cm³/mol. The quantitative estimate of drug-likeness (QED) is 0.558. The van der Waals surface area contributed by atoms with E-state index in [4.69, 9.17) is 16.3 Å². The zero-order chi connectivity index (χ0) is 19.2. The summed E-state index contributed by atoms with van der Waals surface area (Å²) in [6.07, 6.45) is 3.85. The molecule has 6 heteroatoms. The maximum Gasteiger partial charge on any atom is 0.232 e. The lowest BCUT2D eigenvalue weighted by Crippen LogP contribution is -2.46. The van der Waals surface area contributed by atoms with Gasteiger partial charge < -0.3 is 9.64 Å². The highest BCUT2D eigenvalue weighted by Crippen LogP contribution is 2.21. The lowest BCUT2D eigenvalue weighted by molar-refractivity contribution is 0.236. The predicted octanol–water partition coefficient (Wildman–Crippen LogP) is 4.26. The molecule has 4 rings (SSSR count). The number of piperazine rings is 1. The second-order valence-electron chi connectivity index (χ2n) is 7.06. The highest BCUT2D eigenvalue weighted by molar-refractivity contribution is 6.30. The molecule has 5 nitrogen and oxygen atoms in total. The molecule has 1 fully saturated rings. The van der Waals surface area contributed by atoms with E-state index >= 15 is 0 Å². The van der Waals surface area contributed by atoms with E-state index in [0.717, 1.165) is 61.6 Å². The molecule has 2 heterocycles. The van der Waals surface area contributed by atoms with Gasteiger partial charge in [0.25, 0.3) is 0 Å². The number of hydrogen-bond donors (Lipinski definition) is 0. The Hall–Kier alpha value is -2.37. The van der Waals surface area contributed by atoms with E-state index in [9.17, 15) is 0 Å². The number of hydrogen-bond acceptors (Lipinski definition) is 5. The lowest BCUT2D eigenvalue weighted by Gasteiger charge is -2.36. The summed E-state index contributed by atoms with van der Waals surface area (Å²) in [5.41, 5.74) is 2.99. The first-order valence-corrected chi connectivity index (χ1v) is 10.2. The minimum absolute atomic E-state index is 0.605. The third-order valence-corrected chi connectivity index (χ3v) is 5.33. The fraction of sp³-hybridized carbons (Fsp3) is 0.364. The van der Waals surface area contributed by atoms with Crippen molar-refractivity contribution in [3.63, 3.8) is 0 Å². The van der Waals surface area contributed by atoms with E-state index in [2.05, 4.69) is 25.8 Å². The highest BCUT2D eigenvalue weighted by Gasteiger charge is 2.16. The third kappa shape index (κ3) is 4.91. The molecule has 146 valence electrons. The van der Waals surface area contributed by atoms with Crippen molar-refractivity contribution in [3.8, 4) is 5.88 Å². The Bertz CT molecular complexity index is 912. The number of halogens is 1. The average Bonchev–Trinajstić information content (AvgIpc) is 2.74. The van der Waals surface area contributed by atoms with Gasteiger partial charge in [-0.25, -0.2) is 9.97 Å². The number of benzene rings is 2. The van der Waals surface area contributed by atoms with Gasteiger partial charge in [-0.1, -0.05) is 29.8 Å². The molecule has 0 unspecified atom stereocenters. The van der Waals surface area contributed by atoms with Gasteiger partial charge in [0.15, 0.2) is 0 Å². The smallest absolute Gasteiger partial charge is 0.232 e. The van der Waals surface area contributed by atoms with Crippen molar-refractivity contribution in [3.05, 3.63) is 59.8 Å². The van der Waals surface area contributed by atoms with Gasteiger partial charge >= 0.3 is 0 Å². The number of fused-ring (bicyclic) bond motifs is 1. The van der Waals surface area contributed by atoms with Crippen molar-refractivity contribution in [2.24, 2.45) is 0 Å². The van der Waals surface area contributed by atoms with Crippen LogP contribution in [0.2, 0.25) is 5.02 Å². The molecule has 28 heavy (non-hydrogen) atoms. The topological polar surface area (TPSA) is 41.5 Å². The standard InChI is InChI=1S/C22H25ClN4O/c23-18-6-5-7-19(16-18)27-13-11-26(12-14-27)10-3-4-15-28-22-17-24-20-8-1-2-9-21(20)25-22/h1-2,5-9,16-17H,3-4,10-15H2. The monoisotopic (exact) mass is 396 g/mol. The van der Waals surface area contributed by atoms with Gasteiger partial charge in [0.2, 0.25) is 5.88 Å². The molecule has 1 aromatic heterocycles. The number of nitrogens with zero attached hydrogens (tertiary/aromatic N) is 4. The molecule has 1 aliphatic heterocycles. The Balaban J connectivity index is 1.15. The molecule has 0 N–H and O–H groups in total. The zero-order valence-electron chi connectivity index (χ0n) is 15.9. The summed E-state index contributed by atoms with van der Waals surface area (Å²) in [6.45, 7) is 6.05. The first kappa shape index (κ1) is 19.0. The second kappa shape index (κ2) is 9.22. The molecule has 1 aliphatic rings. The van der Waals surface area contributed by atoms with E-state index < -0.39 is 0 Å². The van der Waals surface area contributed by atoms with E-state index in [1.54, 1.807) is 6.20 Å². The van der Waals surface area contributed by atoms with Crippen LogP contribution < -0.4 is 9.64 Å². The Morgan fingerprint density at radius 2 is 1.75 bits per heavy atom. The number of anilines is 1. The molecule has 0 amide bonds. The Kier molecular flexibility index (Phi) is 6.24. The van der Waals surface area contributed by atoms with Crippen LogP contribution in [0.3, 0.4) is 0 Å². The maximum absolute atomic E-state index is 6.11. The minimum atomic E-state index is 0.605. The van der Waals surface area contributed by atoms with E-state index in [1.165, 1.54) is 5.69 Å². The Labute approximate surface area is 170 Å². The van der Waals surface area contributed by atoms with Crippen LogP contribution in [-0.2, 0) is 0 Å². The van der Waals surface area contributed by atoms with Gasteiger partial charge in [0.1, 0.15) is 0 Å². The molecule has 1 saturated heterocycles.